The Kier molecular flexibility index (Phi) is 6.12. The predicted molar refractivity (Wildman–Crippen MR) is 75.5 cm³/mol. The molecule has 0 aromatic heterocycles. The molecule has 0 saturated carbocycles. The van der Waals surface area contributed by atoms with E-state index in [-0.39, 0.29) is 30.4 Å². The first-order valence-electron chi connectivity index (χ1n) is 6.16. The molecule has 0 saturated heterocycles. The lowest BCUT2D eigenvalue weighted by Crippen LogP contribution is -2.14. The van der Waals surface area contributed by atoms with Crippen molar-refractivity contribution in [2.75, 3.05) is 13.2 Å². The number of ether oxygens (including phenoxy) is 2. The summed E-state index contributed by atoms with van der Waals surface area (Å²) in [5.74, 6) is -1.75. The molecule has 8 heteroatoms. The van der Waals surface area contributed by atoms with Gasteiger partial charge in [-0.1, -0.05) is 0 Å². The second-order valence-corrected chi connectivity index (χ2v) is 7.13. The summed E-state index contributed by atoms with van der Waals surface area (Å²) in [5, 5.41) is 0. The van der Waals surface area contributed by atoms with Gasteiger partial charge in [-0.05, 0) is 38.5 Å². The van der Waals surface area contributed by atoms with E-state index >= 15 is 0 Å². The molecule has 0 spiro atoms. The van der Waals surface area contributed by atoms with Crippen LogP contribution in [0.4, 0.5) is 4.39 Å². The maximum atomic E-state index is 13.7. The monoisotopic (exact) mass is 338 g/mol. The van der Waals surface area contributed by atoms with Gasteiger partial charge in [0.25, 0.3) is 9.05 Å². The van der Waals surface area contributed by atoms with Crippen LogP contribution in [0.25, 0.3) is 0 Å². The van der Waals surface area contributed by atoms with Gasteiger partial charge >= 0.3 is 5.97 Å². The molecule has 0 unspecified atom stereocenters. The molecule has 0 fully saturated rings. The Labute approximate surface area is 127 Å². The van der Waals surface area contributed by atoms with Crippen LogP contribution in [0.5, 0.6) is 0 Å². The third-order valence-electron chi connectivity index (χ3n) is 2.49. The number of aryl methyl sites for hydroxylation is 1. The molecule has 0 bridgehead atoms. The third kappa shape index (κ3) is 5.26. The lowest BCUT2D eigenvalue weighted by atomic mass is 10.1. The number of rotatable bonds is 6. The molecule has 118 valence electrons. The van der Waals surface area contributed by atoms with Crippen molar-refractivity contribution in [3.05, 3.63) is 29.1 Å². The zero-order valence-electron chi connectivity index (χ0n) is 11.9. The average molecular weight is 339 g/mol. The molecule has 1 rings (SSSR count). The first kappa shape index (κ1) is 17.9. The van der Waals surface area contributed by atoms with Crippen LogP contribution in [0, 0.1) is 12.7 Å². The number of hydrogen-bond acceptors (Lipinski definition) is 5. The average Bonchev–Trinajstić information content (AvgIpc) is 2.35. The number of halogens is 2. The van der Waals surface area contributed by atoms with Gasteiger partial charge in [-0.2, -0.15) is 0 Å². The highest BCUT2D eigenvalue weighted by Crippen LogP contribution is 2.23. The minimum absolute atomic E-state index is 0.00441. The van der Waals surface area contributed by atoms with Crippen molar-refractivity contribution < 1.29 is 27.1 Å². The highest BCUT2D eigenvalue weighted by atomic mass is 35.7. The Morgan fingerprint density at radius 3 is 2.48 bits per heavy atom. The van der Waals surface area contributed by atoms with E-state index in [0.29, 0.717) is 0 Å². The fourth-order valence-electron chi connectivity index (χ4n) is 1.53. The van der Waals surface area contributed by atoms with Crippen LogP contribution < -0.4 is 0 Å². The van der Waals surface area contributed by atoms with E-state index in [1.165, 1.54) is 13.0 Å². The van der Waals surface area contributed by atoms with E-state index in [4.69, 9.17) is 20.2 Å². The number of carbonyl (C=O) groups excluding carboxylic acids is 1. The molecule has 0 atom stereocenters. The SMILES string of the molecule is Cc1cc(C(=O)OCCOC(C)C)cc(S(=O)(=O)Cl)c1F. The first-order valence-corrected chi connectivity index (χ1v) is 8.47. The van der Waals surface area contributed by atoms with Gasteiger partial charge in [0.2, 0.25) is 0 Å². The van der Waals surface area contributed by atoms with Crippen molar-refractivity contribution >= 4 is 25.7 Å². The molecule has 21 heavy (non-hydrogen) atoms. The zero-order chi connectivity index (χ0) is 16.2. The van der Waals surface area contributed by atoms with Crippen LogP contribution in [0.1, 0.15) is 29.8 Å². The summed E-state index contributed by atoms with van der Waals surface area (Å²) in [6, 6.07) is 2.06. The van der Waals surface area contributed by atoms with Gasteiger partial charge < -0.3 is 9.47 Å². The Balaban J connectivity index is 2.89. The van der Waals surface area contributed by atoms with Gasteiger partial charge in [0.1, 0.15) is 17.3 Å². The largest absolute Gasteiger partial charge is 0.460 e. The minimum atomic E-state index is -4.28. The molecule has 0 N–H and O–H groups in total. The van der Waals surface area contributed by atoms with Crippen molar-refractivity contribution in [2.45, 2.75) is 31.8 Å². The van der Waals surface area contributed by atoms with Crippen LogP contribution in [0.15, 0.2) is 17.0 Å². The second kappa shape index (κ2) is 7.20. The summed E-state index contributed by atoms with van der Waals surface area (Å²) in [6.07, 6.45) is 0.00441. The Morgan fingerprint density at radius 2 is 1.95 bits per heavy atom. The summed E-state index contributed by atoms with van der Waals surface area (Å²) in [6.45, 7) is 5.23. The molecule has 0 aliphatic rings. The zero-order valence-corrected chi connectivity index (χ0v) is 13.4. The first-order chi connectivity index (χ1) is 9.62. The minimum Gasteiger partial charge on any atom is -0.460 e. The van der Waals surface area contributed by atoms with Crippen molar-refractivity contribution in [2.24, 2.45) is 0 Å². The molecule has 1 aromatic carbocycles. The van der Waals surface area contributed by atoms with Gasteiger partial charge in [0, 0.05) is 10.7 Å². The normalized spacial score (nSPS) is 11.7. The van der Waals surface area contributed by atoms with Gasteiger partial charge in [-0.3, -0.25) is 0 Å². The van der Waals surface area contributed by atoms with E-state index in [1.807, 2.05) is 13.8 Å². The molecule has 0 amide bonds. The van der Waals surface area contributed by atoms with Crippen molar-refractivity contribution in [3.63, 3.8) is 0 Å². The smallest absolute Gasteiger partial charge is 0.338 e. The molecule has 0 heterocycles. The van der Waals surface area contributed by atoms with E-state index in [9.17, 15) is 17.6 Å². The molecule has 0 aliphatic heterocycles. The highest BCUT2D eigenvalue weighted by Gasteiger charge is 2.21. The maximum Gasteiger partial charge on any atom is 0.338 e. The maximum absolute atomic E-state index is 13.7. The van der Waals surface area contributed by atoms with Gasteiger partial charge in [-0.15, -0.1) is 0 Å². The molecule has 5 nitrogen and oxygen atoms in total. The second-order valence-electron chi connectivity index (χ2n) is 4.60. The van der Waals surface area contributed by atoms with Crippen LogP contribution in [0.3, 0.4) is 0 Å². The standard InChI is InChI=1S/C13H16ClFO5S/c1-8(2)19-4-5-20-13(16)10-6-9(3)12(15)11(7-10)21(14,17)18/h6-8H,4-5H2,1-3H3. The number of esters is 1. The molecular weight excluding hydrogens is 323 g/mol. The number of hydrogen-bond donors (Lipinski definition) is 0. The van der Waals surface area contributed by atoms with Gasteiger partial charge in [0.05, 0.1) is 18.3 Å². The van der Waals surface area contributed by atoms with Crippen LogP contribution in [0.2, 0.25) is 0 Å². The molecule has 0 radical (unpaired) electrons. The van der Waals surface area contributed by atoms with E-state index in [0.717, 1.165) is 6.07 Å². The Morgan fingerprint density at radius 1 is 1.33 bits per heavy atom. The summed E-state index contributed by atoms with van der Waals surface area (Å²) >= 11 is 0. The van der Waals surface area contributed by atoms with Crippen LogP contribution >= 0.6 is 10.7 Å². The van der Waals surface area contributed by atoms with E-state index in [2.05, 4.69) is 0 Å². The van der Waals surface area contributed by atoms with Crippen molar-refractivity contribution in [3.8, 4) is 0 Å². The fourth-order valence-corrected chi connectivity index (χ4v) is 2.51. The van der Waals surface area contributed by atoms with E-state index in [1.54, 1.807) is 0 Å². The third-order valence-corrected chi connectivity index (χ3v) is 3.81. The topological polar surface area (TPSA) is 69.7 Å². The van der Waals surface area contributed by atoms with E-state index < -0.39 is 25.7 Å². The Hall–Kier alpha value is -1.18. The number of carbonyl (C=O) groups is 1. The van der Waals surface area contributed by atoms with Crippen molar-refractivity contribution in [1.82, 2.24) is 0 Å². The van der Waals surface area contributed by atoms with Crippen molar-refractivity contribution in [1.29, 1.82) is 0 Å². The molecule has 0 aliphatic carbocycles. The summed E-state index contributed by atoms with van der Waals surface area (Å²) in [5.41, 5.74) is -0.0974. The van der Waals surface area contributed by atoms with Gasteiger partial charge in [0.15, 0.2) is 0 Å². The van der Waals surface area contributed by atoms with Gasteiger partial charge in [-0.25, -0.2) is 17.6 Å². The van der Waals surface area contributed by atoms with Crippen LogP contribution in [-0.2, 0) is 18.5 Å². The number of benzene rings is 1. The highest BCUT2D eigenvalue weighted by molar-refractivity contribution is 8.13. The Bertz CT molecular complexity index is 628. The molecule has 1 aromatic rings. The lowest BCUT2D eigenvalue weighted by molar-refractivity contribution is 0.0176. The lowest BCUT2D eigenvalue weighted by Gasteiger charge is -2.10. The quantitative estimate of drug-likeness (QED) is 0.453. The summed E-state index contributed by atoms with van der Waals surface area (Å²) < 4.78 is 46.4. The van der Waals surface area contributed by atoms with Crippen LogP contribution in [-0.4, -0.2) is 33.7 Å². The predicted octanol–water partition coefficient (Wildman–Crippen LogP) is 2.64. The summed E-state index contributed by atoms with van der Waals surface area (Å²) in [7, 11) is 0.851. The molecular formula is C13H16ClFO5S. The fraction of sp³-hybridized carbons (Fsp3) is 0.462. The summed E-state index contributed by atoms with van der Waals surface area (Å²) in [4.78, 5) is 11.1.